The van der Waals surface area contributed by atoms with Crippen LogP contribution < -0.4 is 15.0 Å². The summed E-state index contributed by atoms with van der Waals surface area (Å²) in [7, 11) is 1.59. The Kier molecular flexibility index (Phi) is 7.33. The van der Waals surface area contributed by atoms with Crippen molar-refractivity contribution in [1.29, 1.82) is 0 Å². The Morgan fingerprint density at radius 2 is 1.90 bits per heavy atom. The fourth-order valence-corrected chi connectivity index (χ4v) is 5.22. The molecule has 40 heavy (non-hydrogen) atoms. The van der Waals surface area contributed by atoms with Gasteiger partial charge in [0.05, 0.1) is 23.3 Å². The van der Waals surface area contributed by atoms with E-state index in [0.29, 0.717) is 28.7 Å². The summed E-state index contributed by atoms with van der Waals surface area (Å²) in [6.07, 6.45) is 5.16. The van der Waals surface area contributed by atoms with Crippen molar-refractivity contribution in [1.82, 2.24) is 14.5 Å². The average molecular weight is 544 g/mol. The van der Waals surface area contributed by atoms with Crippen LogP contribution in [0.4, 0.5) is 0 Å². The number of carboxylic acids is 1. The number of nitrogens with zero attached hydrogens (tertiary/aromatic N) is 3. The second-order valence-corrected chi connectivity index (χ2v) is 11.0. The molecule has 1 N–H and O–H groups in total. The van der Waals surface area contributed by atoms with E-state index in [0.717, 1.165) is 40.8 Å². The molecule has 0 fully saturated rings. The second kappa shape index (κ2) is 10.7. The highest BCUT2D eigenvalue weighted by Crippen LogP contribution is 2.42. The Morgan fingerprint density at radius 3 is 2.60 bits per heavy atom. The minimum absolute atomic E-state index is 0.238. The van der Waals surface area contributed by atoms with Crippen molar-refractivity contribution in [3.63, 3.8) is 0 Å². The van der Waals surface area contributed by atoms with Gasteiger partial charge in [-0.15, -0.1) is 0 Å². The highest BCUT2D eigenvalue weighted by Gasteiger charge is 2.34. The van der Waals surface area contributed by atoms with Gasteiger partial charge in [-0.3, -0.25) is 4.79 Å². The minimum atomic E-state index is -1.38. The van der Waals surface area contributed by atoms with E-state index in [4.69, 9.17) is 14.2 Å². The lowest BCUT2D eigenvalue weighted by molar-refractivity contribution is -0.161. The van der Waals surface area contributed by atoms with Crippen LogP contribution in [0.25, 0.3) is 21.9 Å². The van der Waals surface area contributed by atoms with Gasteiger partial charge in [0.1, 0.15) is 24.4 Å². The van der Waals surface area contributed by atoms with Gasteiger partial charge in [0, 0.05) is 30.6 Å². The normalized spacial score (nSPS) is 13.9. The molecule has 5 rings (SSSR count). The van der Waals surface area contributed by atoms with Crippen LogP contribution >= 0.6 is 0 Å². The van der Waals surface area contributed by atoms with Gasteiger partial charge in [-0.05, 0) is 86.9 Å². The molecule has 0 radical (unpaired) electrons. The number of rotatable bonds is 7. The molecular formula is C31H33N3O6. The molecule has 1 atom stereocenters. The van der Waals surface area contributed by atoms with Gasteiger partial charge < -0.3 is 23.9 Å². The van der Waals surface area contributed by atoms with Crippen LogP contribution in [0.5, 0.6) is 11.5 Å². The molecule has 9 heteroatoms. The lowest BCUT2D eigenvalue weighted by atomic mass is 9.88. The lowest BCUT2D eigenvalue weighted by Crippen LogP contribution is -2.33. The van der Waals surface area contributed by atoms with Crippen molar-refractivity contribution < 1.29 is 24.1 Å². The van der Waals surface area contributed by atoms with Crippen molar-refractivity contribution in [2.45, 2.75) is 58.8 Å². The minimum Gasteiger partial charge on any atom is -0.493 e. The first-order valence-corrected chi connectivity index (χ1v) is 13.2. The molecule has 0 amide bonds. The number of pyridine rings is 1. The number of carbonyl (C=O) groups is 1. The van der Waals surface area contributed by atoms with Gasteiger partial charge in [0.25, 0.3) is 5.56 Å². The van der Waals surface area contributed by atoms with E-state index in [-0.39, 0.29) is 17.9 Å². The molecule has 0 aliphatic carbocycles. The summed E-state index contributed by atoms with van der Waals surface area (Å²) < 4.78 is 19.3. The summed E-state index contributed by atoms with van der Waals surface area (Å²) in [4.78, 5) is 34.5. The van der Waals surface area contributed by atoms with Gasteiger partial charge >= 0.3 is 5.97 Å². The molecular weight excluding hydrogens is 510 g/mol. The number of aromatic nitrogens is 3. The van der Waals surface area contributed by atoms with Crippen LogP contribution in [-0.4, -0.2) is 37.8 Å². The number of benzene rings is 2. The van der Waals surface area contributed by atoms with Crippen molar-refractivity contribution >= 4 is 16.7 Å². The summed E-state index contributed by atoms with van der Waals surface area (Å²) in [5, 5.41) is 11.4. The molecule has 0 bridgehead atoms. The first-order valence-electron chi connectivity index (χ1n) is 13.2. The molecule has 4 aromatic rings. The smallest absolute Gasteiger partial charge is 0.339 e. The first-order chi connectivity index (χ1) is 19.0. The zero-order valence-corrected chi connectivity index (χ0v) is 23.4. The summed E-state index contributed by atoms with van der Waals surface area (Å²) >= 11 is 0. The van der Waals surface area contributed by atoms with Crippen LogP contribution in [0.3, 0.4) is 0 Å². The second-order valence-electron chi connectivity index (χ2n) is 11.0. The van der Waals surface area contributed by atoms with E-state index in [1.54, 1.807) is 52.3 Å². The largest absolute Gasteiger partial charge is 0.493 e. The monoisotopic (exact) mass is 543 g/mol. The third-order valence-corrected chi connectivity index (χ3v) is 7.03. The summed E-state index contributed by atoms with van der Waals surface area (Å²) in [6, 6.07) is 9.18. The van der Waals surface area contributed by atoms with Crippen LogP contribution in [-0.2, 0) is 29.6 Å². The van der Waals surface area contributed by atoms with Crippen molar-refractivity contribution in [3.05, 3.63) is 81.8 Å². The maximum atomic E-state index is 13.8. The van der Waals surface area contributed by atoms with E-state index < -0.39 is 17.7 Å². The number of hydrogen-bond donors (Lipinski definition) is 1. The van der Waals surface area contributed by atoms with Gasteiger partial charge in [0.2, 0.25) is 0 Å². The maximum absolute atomic E-state index is 13.8. The average Bonchev–Trinajstić information content (AvgIpc) is 2.93. The molecule has 9 nitrogen and oxygen atoms in total. The highest BCUT2D eigenvalue weighted by atomic mass is 16.5. The lowest BCUT2D eigenvalue weighted by Gasteiger charge is -2.29. The SMILES string of the molecule is Cc1c(-c2c(C(OC(C)(C)C)C(=O)O)n(C)c(=O)c3cc(OCc4cncnc4)ccc23)ccc2c1CCCO2. The summed E-state index contributed by atoms with van der Waals surface area (Å²) in [5.41, 5.74) is 3.51. The van der Waals surface area contributed by atoms with Gasteiger partial charge in [-0.1, -0.05) is 6.07 Å². The fraction of sp³-hybridized carbons (Fsp3) is 0.355. The zero-order chi connectivity index (χ0) is 28.6. The Bertz CT molecular complexity index is 1640. The van der Waals surface area contributed by atoms with E-state index in [1.165, 1.54) is 10.9 Å². The molecule has 2 aromatic heterocycles. The Balaban J connectivity index is 1.75. The number of hydrogen-bond acceptors (Lipinski definition) is 7. The first kappa shape index (κ1) is 27.3. The molecule has 0 saturated heterocycles. The topological polar surface area (TPSA) is 113 Å². The Hall–Kier alpha value is -4.24. The molecule has 1 aliphatic rings. The Labute approximate surface area is 232 Å². The van der Waals surface area contributed by atoms with Crippen molar-refractivity contribution in [2.24, 2.45) is 7.05 Å². The van der Waals surface area contributed by atoms with E-state index in [9.17, 15) is 14.7 Å². The van der Waals surface area contributed by atoms with Gasteiger partial charge in [0.15, 0.2) is 6.10 Å². The third kappa shape index (κ3) is 5.29. The predicted molar refractivity (Wildman–Crippen MR) is 151 cm³/mol. The fourth-order valence-electron chi connectivity index (χ4n) is 5.22. The molecule has 3 heterocycles. The third-order valence-electron chi connectivity index (χ3n) is 7.03. The quantitative estimate of drug-likeness (QED) is 0.341. The van der Waals surface area contributed by atoms with Crippen LogP contribution in [0.2, 0.25) is 0 Å². The van der Waals surface area contributed by atoms with Gasteiger partial charge in [-0.2, -0.15) is 0 Å². The van der Waals surface area contributed by atoms with Crippen LogP contribution in [0.15, 0.2) is 53.8 Å². The van der Waals surface area contributed by atoms with Crippen LogP contribution in [0.1, 0.15) is 55.7 Å². The number of ether oxygens (including phenoxy) is 3. The highest BCUT2D eigenvalue weighted by molar-refractivity contribution is 6.00. The van der Waals surface area contributed by atoms with E-state index in [1.807, 2.05) is 25.1 Å². The molecule has 2 aromatic carbocycles. The van der Waals surface area contributed by atoms with Crippen molar-refractivity contribution in [3.8, 4) is 22.6 Å². The number of aliphatic carboxylic acids is 1. The molecule has 1 unspecified atom stereocenters. The zero-order valence-electron chi connectivity index (χ0n) is 23.4. The summed E-state index contributed by atoms with van der Waals surface area (Å²) in [6.45, 7) is 8.31. The molecule has 0 spiro atoms. The van der Waals surface area contributed by atoms with E-state index in [2.05, 4.69) is 9.97 Å². The number of carboxylic acid groups (broad SMARTS) is 1. The molecule has 208 valence electrons. The molecule has 1 aliphatic heterocycles. The number of fused-ring (bicyclic) bond motifs is 2. The predicted octanol–water partition coefficient (Wildman–Crippen LogP) is 5.15. The Morgan fingerprint density at radius 1 is 1.15 bits per heavy atom. The maximum Gasteiger partial charge on any atom is 0.339 e. The molecule has 0 saturated carbocycles. The standard InChI is InChI=1S/C31H33N3O6/c1-18-21-7-6-12-38-25(21)11-10-22(18)26-23-9-8-20(39-16-19-14-32-17-33-15-19)13-24(23)29(35)34(5)27(26)28(30(36)37)40-31(2,3)4/h8-11,13-15,17,28H,6-7,12,16H2,1-5H3,(H,36,37). The summed E-state index contributed by atoms with van der Waals surface area (Å²) in [5.74, 6) is 0.169. The van der Waals surface area contributed by atoms with Crippen LogP contribution in [0, 0.1) is 6.92 Å². The van der Waals surface area contributed by atoms with Crippen molar-refractivity contribution in [2.75, 3.05) is 6.61 Å². The van der Waals surface area contributed by atoms with E-state index >= 15 is 0 Å². The van der Waals surface area contributed by atoms with Gasteiger partial charge in [-0.25, -0.2) is 14.8 Å².